The molecule has 1 fully saturated rings. The van der Waals surface area contributed by atoms with Crippen molar-refractivity contribution < 1.29 is 9.47 Å². The van der Waals surface area contributed by atoms with Crippen LogP contribution in [0, 0.1) is 5.41 Å². The highest BCUT2D eigenvalue weighted by molar-refractivity contribution is 14.0. The minimum absolute atomic E-state index is 0. The summed E-state index contributed by atoms with van der Waals surface area (Å²) in [7, 11) is 1.78. The second kappa shape index (κ2) is 13.1. The summed E-state index contributed by atoms with van der Waals surface area (Å²) >= 11 is 0. The molecule has 1 aromatic heterocycles. The average molecular weight is 490 g/mol. The number of ether oxygens (including phenoxy) is 2. The topological polar surface area (TPSA) is 67.8 Å². The molecule has 1 saturated carbocycles. The molecule has 0 saturated heterocycles. The molecule has 0 aliphatic heterocycles. The highest BCUT2D eigenvalue weighted by Crippen LogP contribution is 2.43. The van der Waals surface area contributed by atoms with Gasteiger partial charge in [-0.3, -0.25) is 0 Å². The lowest BCUT2D eigenvalue weighted by Gasteiger charge is -2.42. The number of rotatable bonds is 11. The lowest BCUT2D eigenvalue weighted by Crippen LogP contribution is -2.47. The lowest BCUT2D eigenvalue weighted by atomic mass is 9.67. The normalized spacial score (nSPS) is 15.4. The SMILES string of the molecule is CCCOc1ncccc1CN=C(NCC)NCC1(CCOC)CCC1.I. The molecule has 0 radical (unpaired) electrons. The van der Waals surface area contributed by atoms with Gasteiger partial charge in [-0.1, -0.05) is 19.4 Å². The molecule has 2 rings (SSSR count). The van der Waals surface area contributed by atoms with Crippen LogP contribution in [0.1, 0.15) is 51.5 Å². The molecular weight excluding hydrogens is 455 g/mol. The fraction of sp³-hybridized carbons (Fsp3) is 0.700. The number of halogens is 1. The van der Waals surface area contributed by atoms with Crippen LogP contribution in [0.2, 0.25) is 0 Å². The summed E-state index contributed by atoms with van der Waals surface area (Å²) in [5.41, 5.74) is 1.37. The van der Waals surface area contributed by atoms with E-state index < -0.39 is 0 Å². The van der Waals surface area contributed by atoms with E-state index in [1.54, 1.807) is 13.3 Å². The first kappa shape index (κ1) is 23.9. The Kier molecular flexibility index (Phi) is 11.7. The first-order valence-electron chi connectivity index (χ1n) is 9.81. The van der Waals surface area contributed by atoms with Crippen LogP contribution >= 0.6 is 24.0 Å². The van der Waals surface area contributed by atoms with E-state index in [1.165, 1.54) is 19.3 Å². The molecule has 1 aromatic rings. The van der Waals surface area contributed by atoms with Crippen LogP contribution in [-0.4, -0.2) is 44.4 Å². The van der Waals surface area contributed by atoms with Gasteiger partial charge in [-0.15, -0.1) is 24.0 Å². The molecule has 0 unspecified atom stereocenters. The van der Waals surface area contributed by atoms with Crippen molar-refractivity contribution >= 4 is 29.9 Å². The third-order valence-electron chi connectivity index (χ3n) is 4.93. The minimum Gasteiger partial charge on any atom is -0.477 e. The van der Waals surface area contributed by atoms with Gasteiger partial charge >= 0.3 is 0 Å². The Hall–Kier alpha value is -1.09. The van der Waals surface area contributed by atoms with Gasteiger partial charge in [0.25, 0.3) is 0 Å². The number of nitrogens with zero attached hydrogens (tertiary/aromatic N) is 2. The predicted molar refractivity (Wildman–Crippen MR) is 121 cm³/mol. The standard InChI is InChI=1S/C20H34N4O2.HI/c1-4-13-26-18-17(8-6-12-22-18)15-23-19(21-5-2)24-16-20(9-7-10-20)11-14-25-3;/h6,8,12H,4-5,7,9-11,13-16H2,1-3H3,(H2,21,23,24);1H. The van der Waals surface area contributed by atoms with Crippen molar-refractivity contribution in [2.75, 3.05) is 33.4 Å². The van der Waals surface area contributed by atoms with Crippen molar-refractivity contribution in [3.63, 3.8) is 0 Å². The maximum absolute atomic E-state index is 5.73. The largest absolute Gasteiger partial charge is 0.477 e. The van der Waals surface area contributed by atoms with Gasteiger partial charge in [0.2, 0.25) is 5.88 Å². The molecule has 1 aliphatic rings. The molecule has 0 spiro atoms. The van der Waals surface area contributed by atoms with E-state index in [-0.39, 0.29) is 24.0 Å². The highest BCUT2D eigenvalue weighted by Gasteiger charge is 2.36. The number of methoxy groups -OCH3 is 1. The van der Waals surface area contributed by atoms with Crippen molar-refractivity contribution in [2.24, 2.45) is 10.4 Å². The lowest BCUT2D eigenvalue weighted by molar-refractivity contribution is 0.0732. The van der Waals surface area contributed by atoms with E-state index in [0.29, 0.717) is 24.4 Å². The molecular formula is C20H35IN4O2. The second-order valence-electron chi connectivity index (χ2n) is 6.96. The van der Waals surface area contributed by atoms with Crippen LogP contribution < -0.4 is 15.4 Å². The van der Waals surface area contributed by atoms with E-state index >= 15 is 0 Å². The van der Waals surface area contributed by atoms with E-state index in [0.717, 1.165) is 44.1 Å². The molecule has 27 heavy (non-hydrogen) atoms. The Morgan fingerprint density at radius 3 is 2.70 bits per heavy atom. The van der Waals surface area contributed by atoms with Crippen molar-refractivity contribution in [2.45, 2.75) is 52.5 Å². The third kappa shape index (κ3) is 7.81. The number of hydrogen-bond donors (Lipinski definition) is 2. The first-order chi connectivity index (χ1) is 12.7. The fourth-order valence-corrected chi connectivity index (χ4v) is 3.16. The summed E-state index contributed by atoms with van der Waals surface area (Å²) in [5, 5.41) is 6.87. The molecule has 1 aliphatic carbocycles. The molecule has 0 amide bonds. The van der Waals surface area contributed by atoms with Crippen molar-refractivity contribution in [1.82, 2.24) is 15.6 Å². The summed E-state index contributed by atoms with van der Waals surface area (Å²) in [4.78, 5) is 9.07. The van der Waals surface area contributed by atoms with Crippen LogP contribution in [0.3, 0.4) is 0 Å². The average Bonchev–Trinajstić information content (AvgIpc) is 2.63. The zero-order valence-electron chi connectivity index (χ0n) is 16.9. The maximum Gasteiger partial charge on any atom is 0.218 e. The zero-order valence-corrected chi connectivity index (χ0v) is 19.3. The van der Waals surface area contributed by atoms with Crippen LogP contribution in [0.25, 0.3) is 0 Å². The summed E-state index contributed by atoms with van der Waals surface area (Å²) in [6, 6.07) is 3.95. The van der Waals surface area contributed by atoms with Gasteiger partial charge < -0.3 is 20.1 Å². The maximum atomic E-state index is 5.73. The number of pyridine rings is 1. The van der Waals surface area contributed by atoms with Crippen LogP contribution in [0.15, 0.2) is 23.3 Å². The Morgan fingerprint density at radius 2 is 2.07 bits per heavy atom. The van der Waals surface area contributed by atoms with E-state index in [1.807, 2.05) is 12.1 Å². The van der Waals surface area contributed by atoms with Gasteiger partial charge in [0.15, 0.2) is 5.96 Å². The summed E-state index contributed by atoms with van der Waals surface area (Å²) in [5.74, 6) is 1.53. The summed E-state index contributed by atoms with van der Waals surface area (Å²) in [6.45, 7) is 8.00. The number of aliphatic imine (C=N–C) groups is 1. The van der Waals surface area contributed by atoms with E-state index in [2.05, 4.69) is 29.5 Å². The van der Waals surface area contributed by atoms with Gasteiger partial charge in [0, 0.05) is 38.6 Å². The van der Waals surface area contributed by atoms with E-state index in [9.17, 15) is 0 Å². The predicted octanol–water partition coefficient (Wildman–Crippen LogP) is 3.75. The molecule has 7 heteroatoms. The van der Waals surface area contributed by atoms with Crippen LogP contribution in [0.4, 0.5) is 0 Å². The fourth-order valence-electron chi connectivity index (χ4n) is 3.16. The molecule has 2 N–H and O–H groups in total. The second-order valence-corrected chi connectivity index (χ2v) is 6.96. The van der Waals surface area contributed by atoms with Gasteiger partial charge in [0.05, 0.1) is 13.2 Å². The monoisotopic (exact) mass is 490 g/mol. The van der Waals surface area contributed by atoms with Gasteiger partial charge in [-0.05, 0) is 44.1 Å². The number of nitrogens with one attached hydrogen (secondary N) is 2. The Morgan fingerprint density at radius 1 is 1.26 bits per heavy atom. The molecule has 154 valence electrons. The van der Waals surface area contributed by atoms with Crippen LogP contribution in [0.5, 0.6) is 5.88 Å². The van der Waals surface area contributed by atoms with Gasteiger partial charge in [-0.2, -0.15) is 0 Å². The number of hydrogen-bond acceptors (Lipinski definition) is 4. The number of guanidine groups is 1. The zero-order chi connectivity index (χ0) is 18.7. The molecule has 0 atom stereocenters. The molecule has 0 bridgehead atoms. The van der Waals surface area contributed by atoms with Crippen molar-refractivity contribution in [3.8, 4) is 5.88 Å². The highest BCUT2D eigenvalue weighted by atomic mass is 127. The van der Waals surface area contributed by atoms with Crippen molar-refractivity contribution in [1.29, 1.82) is 0 Å². The van der Waals surface area contributed by atoms with Gasteiger partial charge in [-0.25, -0.2) is 9.98 Å². The molecule has 1 heterocycles. The number of aromatic nitrogens is 1. The van der Waals surface area contributed by atoms with Crippen molar-refractivity contribution in [3.05, 3.63) is 23.9 Å². The van der Waals surface area contributed by atoms with E-state index in [4.69, 9.17) is 14.5 Å². The molecule has 6 nitrogen and oxygen atoms in total. The summed E-state index contributed by atoms with van der Waals surface area (Å²) in [6.07, 6.45) is 7.67. The Balaban J connectivity index is 0.00000364. The van der Waals surface area contributed by atoms with Crippen LogP contribution in [-0.2, 0) is 11.3 Å². The molecule has 0 aromatic carbocycles. The summed E-state index contributed by atoms with van der Waals surface area (Å²) < 4.78 is 11.0. The quantitative estimate of drug-likeness (QED) is 0.281. The third-order valence-corrected chi connectivity index (χ3v) is 4.93. The minimum atomic E-state index is 0. The smallest absolute Gasteiger partial charge is 0.218 e. The Bertz CT molecular complexity index is 565. The van der Waals surface area contributed by atoms with Gasteiger partial charge in [0.1, 0.15) is 0 Å². The Labute approximate surface area is 180 Å². The first-order valence-corrected chi connectivity index (χ1v) is 9.81.